The zero-order chi connectivity index (χ0) is 33.7. The molecule has 2 atom stereocenters. The third-order valence-electron chi connectivity index (χ3n) is 8.91. The van der Waals surface area contributed by atoms with E-state index >= 15 is 0 Å². The summed E-state index contributed by atoms with van der Waals surface area (Å²) in [5, 5.41) is 0. The fourth-order valence-electron chi connectivity index (χ4n) is 6.80. The van der Waals surface area contributed by atoms with Gasteiger partial charge in [0, 0.05) is 34.6 Å². The van der Waals surface area contributed by atoms with Crippen LogP contribution in [0, 0.1) is 5.92 Å². The normalized spacial score (nSPS) is 18.1. The van der Waals surface area contributed by atoms with Crippen molar-refractivity contribution in [2.75, 3.05) is 52.2 Å². The Balaban J connectivity index is 0.000000475. The van der Waals surface area contributed by atoms with Gasteiger partial charge in [-0.15, -0.1) is 17.9 Å². The quantitative estimate of drug-likeness (QED) is 0.0583. The van der Waals surface area contributed by atoms with Gasteiger partial charge in [-0.25, -0.2) is 0 Å². The van der Waals surface area contributed by atoms with Crippen molar-refractivity contribution in [3.05, 3.63) is 75.7 Å². The second-order valence-corrected chi connectivity index (χ2v) is 14.5. The molecule has 2 heterocycles. The lowest BCUT2D eigenvalue weighted by molar-refractivity contribution is 0.112. The van der Waals surface area contributed by atoms with Gasteiger partial charge >= 0.3 is 0 Å². The van der Waals surface area contributed by atoms with E-state index in [2.05, 4.69) is 60.6 Å². The van der Waals surface area contributed by atoms with Crippen LogP contribution in [0.1, 0.15) is 112 Å². The largest absolute Gasteiger partial charge is 0.496 e. The Morgan fingerprint density at radius 2 is 1.70 bits per heavy atom. The van der Waals surface area contributed by atoms with Gasteiger partial charge in [0.1, 0.15) is 12.9 Å². The monoisotopic (exact) mass is 671 g/mol. The molecule has 1 aliphatic carbocycles. The first-order chi connectivity index (χ1) is 22.4. The Kier molecular flexibility index (Phi) is 20.2. The molecule has 258 valence electrons. The van der Waals surface area contributed by atoms with Crippen LogP contribution in [-0.4, -0.2) is 69.4 Å². The summed E-state index contributed by atoms with van der Waals surface area (Å²) in [7, 11) is 6.55. The maximum atomic E-state index is 11.6. The zero-order valence-electron chi connectivity index (χ0n) is 29.7. The van der Waals surface area contributed by atoms with Crippen LogP contribution >= 0.6 is 22.9 Å². The van der Waals surface area contributed by atoms with Crippen LogP contribution in [0.3, 0.4) is 0 Å². The minimum Gasteiger partial charge on any atom is -0.496 e. The number of thiophene rings is 1. The summed E-state index contributed by atoms with van der Waals surface area (Å²) in [6.07, 6.45) is 19.5. The van der Waals surface area contributed by atoms with E-state index in [4.69, 9.17) is 16.3 Å². The molecular formula is C39H62ClN3O2S. The molecule has 4 rings (SSSR count). The number of carbonyl (C=O) groups is 1. The molecule has 2 unspecified atom stereocenters. The van der Waals surface area contributed by atoms with Crippen molar-refractivity contribution in [3.8, 4) is 0 Å². The topological polar surface area (TPSA) is 36.0 Å². The smallest absolute Gasteiger partial charge is 0.150 e. The molecule has 0 N–H and O–H groups in total. The zero-order valence-corrected chi connectivity index (χ0v) is 31.3. The average molecular weight is 672 g/mol. The molecule has 7 heteroatoms. The van der Waals surface area contributed by atoms with Crippen molar-refractivity contribution < 1.29 is 9.53 Å². The van der Waals surface area contributed by atoms with Crippen molar-refractivity contribution in [1.82, 2.24) is 9.80 Å². The first-order valence-electron chi connectivity index (χ1n) is 17.6. The number of hydrogen-bond donors (Lipinski definition) is 0. The van der Waals surface area contributed by atoms with Gasteiger partial charge in [-0.2, -0.15) is 0 Å². The Morgan fingerprint density at radius 1 is 1.00 bits per heavy atom. The number of carbonyl (C=O) groups excluding carboxylic acids is 1. The minimum atomic E-state index is 0.480. The number of rotatable bonds is 16. The predicted octanol–water partition coefficient (Wildman–Crippen LogP) is 10.5. The molecule has 1 aliphatic heterocycles. The number of benzene rings is 1. The summed E-state index contributed by atoms with van der Waals surface area (Å²) in [6.45, 7) is 15.2. The number of unbranched alkanes of at least 4 members (excludes halogenated alkanes) is 1. The van der Waals surface area contributed by atoms with Crippen LogP contribution in [0.4, 0.5) is 5.69 Å². The van der Waals surface area contributed by atoms with Crippen LogP contribution in [-0.2, 0) is 11.3 Å². The third-order valence-corrected chi connectivity index (χ3v) is 10.1. The number of nitrogens with zero attached hydrogens (tertiary/aromatic N) is 3. The van der Waals surface area contributed by atoms with E-state index in [1.165, 1.54) is 75.7 Å². The van der Waals surface area contributed by atoms with E-state index in [1.807, 2.05) is 45.0 Å². The predicted molar refractivity (Wildman–Crippen MR) is 202 cm³/mol. The highest BCUT2D eigenvalue weighted by Crippen LogP contribution is 2.49. The highest BCUT2D eigenvalue weighted by Gasteiger charge is 2.41. The molecule has 2 aliphatic rings. The van der Waals surface area contributed by atoms with E-state index in [9.17, 15) is 4.79 Å². The third kappa shape index (κ3) is 13.5. The Hall–Kier alpha value is -2.12. The van der Waals surface area contributed by atoms with Gasteiger partial charge in [0.15, 0.2) is 0 Å². The van der Waals surface area contributed by atoms with Gasteiger partial charge in [-0.3, -0.25) is 4.79 Å². The highest BCUT2D eigenvalue weighted by atomic mass is 35.5. The molecule has 1 aromatic heterocycles. The van der Waals surface area contributed by atoms with Crippen molar-refractivity contribution in [3.63, 3.8) is 0 Å². The van der Waals surface area contributed by atoms with E-state index in [-0.39, 0.29) is 0 Å². The molecule has 1 aromatic carbocycles. The van der Waals surface area contributed by atoms with Crippen molar-refractivity contribution in [2.45, 2.75) is 104 Å². The van der Waals surface area contributed by atoms with Crippen molar-refractivity contribution in [2.24, 2.45) is 5.92 Å². The molecule has 0 saturated heterocycles. The maximum Gasteiger partial charge on any atom is 0.150 e. The summed E-state index contributed by atoms with van der Waals surface area (Å²) in [6, 6.07) is 10.8. The molecule has 1 fully saturated rings. The first-order valence-corrected chi connectivity index (χ1v) is 18.8. The average Bonchev–Trinajstić information content (AvgIpc) is 3.47. The molecule has 46 heavy (non-hydrogen) atoms. The number of hydrogen-bond acceptors (Lipinski definition) is 6. The molecule has 2 aromatic rings. The van der Waals surface area contributed by atoms with Gasteiger partial charge in [-0.1, -0.05) is 75.4 Å². The van der Waals surface area contributed by atoms with Gasteiger partial charge in [0.25, 0.3) is 0 Å². The summed E-state index contributed by atoms with van der Waals surface area (Å²) in [5.74, 6) is 1.32. The van der Waals surface area contributed by atoms with Crippen molar-refractivity contribution >= 4 is 34.9 Å². The first kappa shape index (κ1) is 40.1. The van der Waals surface area contributed by atoms with Gasteiger partial charge in [0.05, 0.1) is 10.6 Å². The Bertz CT molecular complexity index is 1140. The molecule has 0 bridgehead atoms. The standard InChI is InChI=1S/C29H47N3O.C8H9ClOS.C2H6/c1-5-13-27-29(25-14-8-6-7-9-15-25)26-17-16-24(23-33)22-28(26)32(27)21-12-20-31(4)19-11-10-18-30(2)3;1-2-5-10-6-7-3-4-8(9)11-7;1-2/h5,16-17,22-23,25,27,29H,1,6-15,18-21H2,2-4H3;2-5H,6H2,1H3;1-2H3/b;5-2+;. The number of allylic oxidation sites excluding steroid dienone is 1. The van der Waals surface area contributed by atoms with Crippen LogP contribution in [0.5, 0.6) is 0 Å². The number of ether oxygens (including phenoxy) is 1. The van der Waals surface area contributed by atoms with Crippen LogP contribution in [0.15, 0.2) is 55.3 Å². The number of anilines is 1. The summed E-state index contributed by atoms with van der Waals surface area (Å²) < 4.78 is 5.96. The maximum absolute atomic E-state index is 11.6. The summed E-state index contributed by atoms with van der Waals surface area (Å²) in [4.78, 5) is 20.1. The fourth-order valence-corrected chi connectivity index (χ4v) is 7.81. The van der Waals surface area contributed by atoms with E-state index in [1.54, 1.807) is 17.6 Å². The second-order valence-electron chi connectivity index (χ2n) is 12.7. The molecule has 5 nitrogen and oxygen atoms in total. The number of aldehydes is 1. The number of halogens is 1. The summed E-state index contributed by atoms with van der Waals surface area (Å²) >= 11 is 7.26. The Morgan fingerprint density at radius 3 is 2.30 bits per heavy atom. The lowest BCUT2D eigenvalue weighted by Gasteiger charge is -2.34. The number of fused-ring (bicyclic) bond motifs is 1. The molecule has 0 radical (unpaired) electrons. The lowest BCUT2D eigenvalue weighted by atomic mass is 9.77. The van der Waals surface area contributed by atoms with Gasteiger partial charge in [0.2, 0.25) is 0 Å². The minimum absolute atomic E-state index is 0.480. The van der Waals surface area contributed by atoms with Crippen LogP contribution < -0.4 is 4.90 Å². The SMILES string of the molecule is C/C=C/OCc1ccc(Cl)s1.C=CCC1C(C2CCCCCC2)c2ccc(C=O)cc2N1CCCN(C)CCCCN(C)C.CC. The van der Waals surface area contributed by atoms with Crippen LogP contribution in [0.25, 0.3) is 0 Å². The van der Waals surface area contributed by atoms with Gasteiger partial charge in [-0.05, 0) is 116 Å². The molecule has 0 spiro atoms. The summed E-state index contributed by atoms with van der Waals surface area (Å²) in [5.41, 5.74) is 3.60. The lowest BCUT2D eigenvalue weighted by Crippen LogP contribution is -2.38. The molecule has 0 amide bonds. The molecule has 1 saturated carbocycles. The van der Waals surface area contributed by atoms with E-state index in [0.29, 0.717) is 18.6 Å². The second kappa shape index (κ2) is 23.2. The highest BCUT2D eigenvalue weighted by molar-refractivity contribution is 7.16. The van der Waals surface area contributed by atoms with E-state index < -0.39 is 0 Å². The molecular weight excluding hydrogens is 610 g/mol. The fraction of sp³-hybridized carbons (Fsp3) is 0.615. The Labute approximate surface area is 290 Å². The van der Waals surface area contributed by atoms with Gasteiger partial charge < -0.3 is 19.4 Å². The van der Waals surface area contributed by atoms with Crippen LogP contribution in [0.2, 0.25) is 4.34 Å². The van der Waals surface area contributed by atoms with E-state index in [0.717, 1.165) is 52.9 Å². The van der Waals surface area contributed by atoms with Crippen molar-refractivity contribution in [1.29, 1.82) is 0 Å².